The minimum atomic E-state index is -0.927. The summed E-state index contributed by atoms with van der Waals surface area (Å²) in [5.74, 6) is -0.717. The monoisotopic (exact) mass is 502 g/mol. The molecule has 0 radical (unpaired) electrons. The standard InChI is InChI=1S/C24H20Cl2N2O6/c25-15-5-8-28(22(29)11-15)9-7-27-23(30)14-1-3-16(4-2-14)34-21-13-20-18(12-19(21)26)17(24(31)32)6-10-33-20/h1-5,8,11-13,17H,6-7,9-10H2,(H,27,30)(H,31,32). The Kier molecular flexibility index (Phi) is 7.09. The van der Waals surface area contributed by atoms with Crippen LogP contribution in [0, 0.1) is 0 Å². The summed E-state index contributed by atoms with van der Waals surface area (Å²) >= 11 is 12.1. The van der Waals surface area contributed by atoms with Gasteiger partial charge in [0.25, 0.3) is 11.5 Å². The molecule has 1 atom stereocenters. The third-order valence-corrected chi connectivity index (χ3v) is 5.87. The summed E-state index contributed by atoms with van der Waals surface area (Å²) in [6.07, 6.45) is 1.94. The van der Waals surface area contributed by atoms with Gasteiger partial charge in [0.2, 0.25) is 0 Å². The number of rotatable bonds is 7. The van der Waals surface area contributed by atoms with Gasteiger partial charge in [-0.05, 0) is 42.8 Å². The first-order valence-electron chi connectivity index (χ1n) is 10.4. The number of hydrogen-bond acceptors (Lipinski definition) is 5. The number of carboxylic acids is 1. The Morgan fingerprint density at radius 2 is 1.91 bits per heavy atom. The van der Waals surface area contributed by atoms with E-state index in [0.717, 1.165) is 0 Å². The van der Waals surface area contributed by atoms with E-state index >= 15 is 0 Å². The van der Waals surface area contributed by atoms with E-state index in [2.05, 4.69) is 5.32 Å². The molecule has 1 unspecified atom stereocenters. The van der Waals surface area contributed by atoms with Crippen LogP contribution >= 0.6 is 23.2 Å². The van der Waals surface area contributed by atoms with Gasteiger partial charge in [-0.15, -0.1) is 0 Å². The molecule has 0 saturated carbocycles. The molecule has 1 amide bonds. The second kappa shape index (κ2) is 10.2. The Bertz CT molecular complexity index is 1290. The fourth-order valence-electron chi connectivity index (χ4n) is 3.59. The van der Waals surface area contributed by atoms with E-state index in [-0.39, 0.29) is 23.0 Å². The molecule has 0 saturated heterocycles. The lowest BCUT2D eigenvalue weighted by Gasteiger charge is -2.24. The minimum Gasteiger partial charge on any atom is -0.493 e. The first-order chi connectivity index (χ1) is 16.3. The fraction of sp³-hybridized carbons (Fsp3) is 0.208. The van der Waals surface area contributed by atoms with Crippen LogP contribution < -0.4 is 20.3 Å². The Morgan fingerprint density at radius 3 is 2.62 bits per heavy atom. The van der Waals surface area contributed by atoms with Crippen molar-refractivity contribution in [1.29, 1.82) is 0 Å². The van der Waals surface area contributed by atoms with Crippen LogP contribution in [-0.2, 0) is 11.3 Å². The molecule has 0 fully saturated rings. The lowest BCUT2D eigenvalue weighted by molar-refractivity contribution is -0.139. The minimum absolute atomic E-state index is 0.243. The maximum absolute atomic E-state index is 12.4. The summed E-state index contributed by atoms with van der Waals surface area (Å²) in [7, 11) is 0. The Labute approximate surface area is 204 Å². The van der Waals surface area contributed by atoms with Crippen LogP contribution in [0.3, 0.4) is 0 Å². The van der Waals surface area contributed by atoms with Gasteiger partial charge in [0.05, 0.1) is 17.5 Å². The summed E-state index contributed by atoms with van der Waals surface area (Å²) in [5, 5.41) is 12.8. The lowest BCUT2D eigenvalue weighted by atomic mass is 9.93. The summed E-state index contributed by atoms with van der Waals surface area (Å²) in [6, 6.07) is 12.5. The van der Waals surface area contributed by atoms with Crippen molar-refractivity contribution in [1.82, 2.24) is 9.88 Å². The third kappa shape index (κ3) is 5.35. The predicted molar refractivity (Wildman–Crippen MR) is 127 cm³/mol. The second-order valence-electron chi connectivity index (χ2n) is 7.61. The molecular weight excluding hydrogens is 483 g/mol. The number of carbonyl (C=O) groups excluding carboxylic acids is 1. The molecule has 2 heterocycles. The van der Waals surface area contributed by atoms with Crippen LogP contribution in [-0.4, -0.2) is 34.7 Å². The number of fused-ring (bicyclic) bond motifs is 1. The SMILES string of the molecule is O=C(NCCn1ccc(Cl)cc1=O)c1ccc(Oc2cc3c(cc2Cl)C(C(=O)O)CCO3)cc1. The number of amides is 1. The lowest BCUT2D eigenvalue weighted by Crippen LogP contribution is -2.30. The number of benzene rings is 2. The summed E-state index contributed by atoms with van der Waals surface area (Å²) in [6.45, 7) is 0.868. The topological polar surface area (TPSA) is 107 Å². The number of nitrogens with one attached hydrogen (secondary N) is 1. The number of ether oxygens (including phenoxy) is 2. The van der Waals surface area contributed by atoms with Crippen LogP contribution in [0.4, 0.5) is 0 Å². The molecule has 2 N–H and O–H groups in total. The maximum atomic E-state index is 12.4. The number of nitrogens with zero attached hydrogens (tertiary/aromatic N) is 1. The molecule has 2 aromatic carbocycles. The van der Waals surface area contributed by atoms with Crippen molar-refractivity contribution >= 4 is 35.1 Å². The molecule has 1 aliphatic rings. The van der Waals surface area contributed by atoms with Gasteiger partial charge in [0.15, 0.2) is 0 Å². The van der Waals surface area contributed by atoms with E-state index in [0.29, 0.717) is 53.0 Å². The van der Waals surface area contributed by atoms with E-state index in [4.69, 9.17) is 32.7 Å². The first kappa shape index (κ1) is 23.7. The Hall–Kier alpha value is -3.49. The maximum Gasteiger partial charge on any atom is 0.311 e. The van der Waals surface area contributed by atoms with E-state index < -0.39 is 11.9 Å². The van der Waals surface area contributed by atoms with Gasteiger partial charge in [-0.3, -0.25) is 14.4 Å². The number of halogens is 2. The Morgan fingerprint density at radius 1 is 1.15 bits per heavy atom. The largest absolute Gasteiger partial charge is 0.493 e. The quantitative estimate of drug-likeness (QED) is 0.497. The van der Waals surface area contributed by atoms with Crippen LogP contribution in [0.25, 0.3) is 0 Å². The molecule has 3 aromatic rings. The molecule has 0 spiro atoms. The molecular formula is C24H20Cl2N2O6. The molecule has 10 heteroatoms. The summed E-state index contributed by atoms with van der Waals surface area (Å²) in [4.78, 5) is 35.7. The van der Waals surface area contributed by atoms with Gasteiger partial charge in [-0.1, -0.05) is 23.2 Å². The number of aliphatic carboxylic acids is 1. The van der Waals surface area contributed by atoms with E-state index in [1.54, 1.807) is 48.7 Å². The average molecular weight is 503 g/mol. The average Bonchev–Trinajstić information content (AvgIpc) is 2.81. The van der Waals surface area contributed by atoms with Crippen molar-refractivity contribution in [2.75, 3.05) is 13.2 Å². The molecule has 4 rings (SSSR count). The zero-order valence-corrected chi connectivity index (χ0v) is 19.3. The highest BCUT2D eigenvalue weighted by Gasteiger charge is 2.29. The number of hydrogen-bond donors (Lipinski definition) is 2. The number of pyridine rings is 1. The van der Waals surface area contributed by atoms with Crippen molar-refractivity contribution in [3.8, 4) is 17.2 Å². The highest BCUT2D eigenvalue weighted by Crippen LogP contribution is 2.41. The third-order valence-electron chi connectivity index (χ3n) is 5.34. The predicted octanol–water partition coefficient (Wildman–Crippen LogP) is 4.33. The molecule has 0 aliphatic carbocycles. The van der Waals surface area contributed by atoms with Gasteiger partial charge in [-0.2, -0.15) is 0 Å². The van der Waals surface area contributed by atoms with Crippen LogP contribution in [0.5, 0.6) is 17.2 Å². The van der Waals surface area contributed by atoms with Gasteiger partial charge >= 0.3 is 5.97 Å². The van der Waals surface area contributed by atoms with Gasteiger partial charge in [-0.25, -0.2) is 0 Å². The second-order valence-corrected chi connectivity index (χ2v) is 8.45. The zero-order valence-electron chi connectivity index (χ0n) is 17.8. The van der Waals surface area contributed by atoms with Crippen molar-refractivity contribution in [2.45, 2.75) is 18.9 Å². The normalized spacial score (nSPS) is 14.6. The molecule has 0 bridgehead atoms. The highest BCUT2D eigenvalue weighted by molar-refractivity contribution is 6.32. The van der Waals surface area contributed by atoms with E-state index in [9.17, 15) is 19.5 Å². The van der Waals surface area contributed by atoms with E-state index in [1.165, 1.54) is 10.6 Å². The summed E-state index contributed by atoms with van der Waals surface area (Å²) in [5.41, 5.74) is 0.692. The molecule has 176 valence electrons. The van der Waals surface area contributed by atoms with E-state index in [1.807, 2.05) is 0 Å². The molecule has 8 nitrogen and oxygen atoms in total. The number of carbonyl (C=O) groups is 2. The van der Waals surface area contributed by atoms with Gasteiger partial charge < -0.3 is 24.5 Å². The van der Waals surface area contributed by atoms with Crippen molar-refractivity contribution in [3.05, 3.63) is 86.3 Å². The van der Waals surface area contributed by atoms with Crippen LogP contribution in [0.1, 0.15) is 28.3 Å². The van der Waals surface area contributed by atoms with Crippen molar-refractivity contribution in [3.63, 3.8) is 0 Å². The highest BCUT2D eigenvalue weighted by atomic mass is 35.5. The van der Waals surface area contributed by atoms with Crippen LogP contribution in [0.15, 0.2) is 59.5 Å². The van der Waals surface area contributed by atoms with Gasteiger partial charge in [0.1, 0.15) is 17.2 Å². The summed E-state index contributed by atoms with van der Waals surface area (Å²) < 4.78 is 12.9. The molecule has 1 aromatic heterocycles. The van der Waals surface area contributed by atoms with Gasteiger partial charge in [0, 0.05) is 47.6 Å². The smallest absolute Gasteiger partial charge is 0.311 e. The van der Waals surface area contributed by atoms with Crippen molar-refractivity contribution < 1.29 is 24.2 Å². The number of carboxylic acid groups (broad SMARTS) is 1. The van der Waals surface area contributed by atoms with Crippen molar-refractivity contribution in [2.24, 2.45) is 0 Å². The Balaban J connectivity index is 1.38. The first-order valence-corrected chi connectivity index (χ1v) is 11.2. The molecule has 1 aliphatic heterocycles. The zero-order chi connectivity index (χ0) is 24.2. The number of aromatic nitrogens is 1. The van der Waals surface area contributed by atoms with Crippen LogP contribution in [0.2, 0.25) is 10.0 Å². The molecule has 34 heavy (non-hydrogen) atoms. The fourth-order valence-corrected chi connectivity index (χ4v) is 3.95.